The summed E-state index contributed by atoms with van der Waals surface area (Å²) in [4.78, 5) is 2.12. The molecule has 2 aliphatic heterocycles. The van der Waals surface area contributed by atoms with Crippen LogP contribution < -0.4 is 4.90 Å². The fourth-order valence-corrected chi connectivity index (χ4v) is 6.44. The van der Waals surface area contributed by atoms with Crippen molar-refractivity contribution in [2.75, 3.05) is 25.1 Å². The number of likely N-dealkylation sites (N-methyl/N-ethyl adjacent to an activating group) is 1. The van der Waals surface area contributed by atoms with Gasteiger partial charge in [-0.1, -0.05) is 15.9 Å². The van der Waals surface area contributed by atoms with E-state index in [0.29, 0.717) is 13.0 Å². The topological polar surface area (TPSA) is 60.9 Å². The molecule has 0 spiro atoms. The summed E-state index contributed by atoms with van der Waals surface area (Å²) in [6.45, 7) is 0.322. The predicted molar refractivity (Wildman–Crippen MR) is 105 cm³/mol. The molecule has 1 N–H and O–H groups in total. The second kappa shape index (κ2) is 6.84. The van der Waals surface area contributed by atoms with Crippen LogP contribution in [0.1, 0.15) is 18.0 Å². The van der Waals surface area contributed by atoms with Gasteiger partial charge in [-0.05, 0) is 54.4 Å². The third-order valence-electron chi connectivity index (χ3n) is 5.69. The maximum Gasteiger partial charge on any atom is 0.243 e. The number of aliphatic hydroxyl groups is 1. The summed E-state index contributed by atoms with van der Waals surface area (Å²) in [5.74, 6) is -0.487. The van der Waals surface area contributed by atoms with Crippen molar-refractivity contribution in [1.29, 1.82) is 0 Å². The average Bonchev–Trinajstić information content (AvgIpc) is 3.08. The summed E-state index contributed by atoms with van der Waals surface area (Å²) in [5, 5.41) is 9.96. The Hall–Kier alpha value is -1.48. The first-order chi connectivity index (χ1) is 12.8. The van der Waals surface area contributed by atoms with Crippen molar-refractivity contribution >= 4 is 31.6 Å². The number of nitrogens with zero attached hydrogens (tertiary/aromatic N) is 2. The molecule has 0 amide bonds. The number of anilines is 1. The zero-order chi connectivity index (χ0) is 19.3. The number of sulfonamides is 1. The molecule has 0 saturated carbocycles. The Labute approximate surface area is 166 Å². The van der Waals surface area contributed by atoms with E-state index in [1.807, 2.05) is 30.1 Å². The molecule has 0 unspecified atom stereocenters. The van der Waals surface area contributed by atoms with Crippen LogP contribution in [0.3, 0.4) is 0 Å². The zero-order valence-corrected chi connectivity index (χ0v) is 17.1. The number of aliphatic hydroxyl groups excluding tert-OH is 1. The molecule has 8 heteroatoms. The lowest BCUT2D eigenvalue weighted by Gasteiger charge is -2.44. The molecule has 0 aliphatic carbocycles. The molecule has 2 aliphatic rings. The van der Waals surface area contributed by atoms with Crippen LogP contribution in [0.4, 0.5) is 10.1 Å². The summed E-state index contributed by atoms with van der Waals surface area (Å²) in [7, 11) is -1.85. The molecule has 27 heavy (non-hydrogen) atoms. The SMILES string of the molecule is CN1c2ccc(Br)cc2[C@@H]2[C@@H](CCN2S(=O)(=O)c2ccc(F)cc2)[C@@H]1CO. The molecule has 1 saturated heterocycles. The number of hydrogen-bond acceptors (Lipinski definition) is 4. The molecule has 2 aromatic carbocycles. The Morgan fingerprint density at radius 2 is 1.93 bits per heavy atom. The van der Waals surface area contributed by atoms with E-state index < -0.39 is 15.8 Å². The van der Waals surface area contributed by atoms with E-state index >= 15 is 0 Å². The fourth-order valence-electron chi connectivity index (χ4n) is 4.39. The van der Waals surface area contributed by atoms with Crippen LogP contribution in [0.25, 0.3) is 0 Å². The third kappa shape index (κ3) is 2.99. The van der Waals surface area contributed by atoms with Gasteiger partial charge in [-0.15, -0.1) is 0 Å². The van der Waals surface area contributed by atoms with Gasteiger partial charge in [0.1, 0.15) is 5.82 Å². The van der Waals surface area contributed by atoms with Crippen molar-refractivity contribution in [2.45, 2.75) is 23.4 Å². The highest BCUT2D eigenvalue weighted by molar-refractivity contribution is 9.10. The Balaban J connectivity index is 1.83. The minimum atomic E-state index is -3.78. The molecule has 5 nitrogen and oxygen atoms in total. The molecule has 144 valence electrons. The first-order valence-corrected chi connectivity index (χ1v) is 11.0. The van der Waals surface area contributed by atoms with Crippen molar-refractivity contribution in [1.82, 2.24) is 4.31 Å². The van der Waals surface area contributed by atoms with Crippen LogP contribution >= 0.6 is 15.9 Å². The number of fused-ring (bicyclic) bond motifs is 3. The van der Waals surface area contributed by atoms with Crippen molar-refractivity contribution < 1.29 is 17.9 Å². The Kier molecular flexibility index (Phi) is 4.78. The highest BCUT2D eigenvalue weighted by Gasteiger charge is 2.50. The second-order valence-electron chi connectivity index (χ2n) is 7.03. The van der Waals surface area contributed by atoms with Gasteiger partial charge in [0.2, 0.25) is 10.0 Å². The minimum Gasteiger partial charge on any atom is -0.394 e. The van der Waals surface area contributed by atoms with Gasteiger partial charge in [0.15, 0.2) is 0 Å². The van der Waals surface area contributed by atoms with Gasteiger partial charge in [0.25, 0.3) is 0 Å². The van der Waals surface area contributed by atoms with Gasteiger partial charge in [-0.25, -0.2) is 12.8 Å². The Morgan fingerprint density at radius 1 is 1.22 bits per heavy atom. The van der Waals surface area contributed by atoms with Crippen molar-refractivity contribution in [3.05, 3.63) is 58.3 Å². The molecule has 1 fully saturated rings. The van der Waals surface area contributed by atoms with Crippen molar-refractivity contribution in [3.8, 4) is 0 Å². The lowest BCUT2D eigenvalue weighted by atomic mass is 9.82. The zero-order valence-electron chi connectivity index (χ0n) is 14.7. The van der Waals surface area contributed by atoms with E-state index in [2.05, 4.69) is 15.9 Å². The molecular weight excluding hydrogens is 435 g/mol. The average molecular weight is 455 g/mol. The standard InChI is InChI=1S/C19H20BrFN2O3S/c1-22-17-7-2-12(20)10-16(17)19-15(18(22)11-24)8-9-23(19)27(25,26)14-5-3-13(21)4-6-14/h2-7,10,15,18-19,24H,8-9,11H2,1H3/t15-,18-,19-/m0/s1. The number of halogens is 2. The molecule has 0 bridgehead atoms. The van der Waals surface area contributed by atoms with Crippen molar-refractivity contribution in [2.24, 2.45) is 5.92 Å². The second-order valence-corrected chi connectivity index (χ2v) is 9.84. The van der Waals surface area contributed by atoms with Gasteiger partial charge in [-0.3, -0.25) is 0 Å². The molecular formula is C19H20BrFN2O3S. The lowest BCUT2D eigenvalue weighted by Crippen LogP contribution is -2.48. The van der Waals surface area contributed by atoms with Crippen LogP contribution in [-0.4, -0.2) is 44.1 Å². The molecule has 3 atom stereocenters. The van der Waals surface area contributed by atoms with E-state index in [9.17, 15) is 17.9 Å². The predicted octanol–water partition coefficient (Wildman–Crippen LogP) is 3.15. The Bertz CT molecular complexity index is 967. The van der Waals surface area contributed by atoms with Crippen LogP contribution in [0.2, 0.25) is 0 Å². The number of rotatable bonds is 3. The quantitative estimate of drug-likeness (QED) is 0.773. The molecule has 2 heterocycles. The molecule has 0 aromatic heterocycles. The van der Waals surface area contributed by atoms with Gasteiger partial charge < -0.3 is 10.0 Å². The maximum absolute atomic E-state index is 13.3. The van der Waals surface area contributed by atoms with E-state index in [1.165, 1.54) is 16.4 Å². The molecule has 2 aromatic rings. The first-order valence-electron chi connectivity index (χ1n) is 8.75. The van der Waals surface area contributed by atoms with E-state index in [0.717, 1.165) is 27.9 Å². The van der Waals surface area contributed by atoms with Gasteiger partial charge >= 0.3 is 0 Å². The minimum absolute atomic E-state index is 0.0166. The highest BCUT2D eigenvalue weighted by Crippen LogP contribution is 2.50. The van der Waals surface area contributed by atoms with Crippen LogP contribution in [0, 0.1) is 11.7 Å². The molecule has 0 radical (unpaired) electrons. The largest absolute Gasteiger partial charge is 0.394 e. The summed E-state index contributed by atoms with van der Waals surface area (Å²) >= 11 is 3.49. The number of benzene rings is 2. The summed E-state index contributed by atoms with van der Waals surface area (Å²) in [5.41, 5.74) is 1.84. The number of hydrogen-bond donors (Lipinski definition) is 1. The van der Waals surface area contributed by atoms with Crippen molar-refractivity contribution in [3.63, 3.8) is 0 Å². The lowest BCUT2D eigenvalue weighted by molar-refractivity contribution is 0.193. The van der Waals surface area contributed by atoms with E-state index in [1.54, 1.807) is 0 Å². The first kappa shape index (κ1) is 18.9. The highest BCUT2D eigenvalue weighted by atomic mass is 79.9. The monoisotopic (exact) mass is 454 g/mol. The fraction of sp³-hybridized carbons (Fsp3) is 0.368. The maximum atomic E-state index is 13.3. The van der Waals surface area contributed by atoms with Crippen LogP contribution in [-0.2, 0) is 10.0 Å². The third-order valence-corrected chi connectivity index (χ3v) is 8.07. The smallest absolute Gasteiger partial charge is 0.243 e. The summed E-state index contributed by atoms with van der Waals surface area (Å²) < 4.78 is 42.2. The summed E-state index contributed by atoms with van der Waals surface area (Å²) in [6.07, 6.45) is 0.659. The van der Waals surface area contributed by atoms with Crippen LogP contribution in [0.5, 0.6) is 0 Å². The van der Waals surface area contributed by atoms with E-state index in [-0.39, 0.29) is 29.5 Å². The molecule has 4 rings (SSSR count). The van der Waals surface area contributed by atoms with Gasteiger partial charge in [-0.2, -0.15) is 4.31 Å². The Morgan fingerprint density at radius 3 is 2.59 bits per heavy atom. The summed E-state index contributed by atoms with van der Waals surface area (Å²) in [6, 6.07) is 10.2. The van der Waals surface area contributed by atoms with Gasteiger partial charge in [0, 0.05) is 29.7 Å². The van der Waals surface area contributed by atoms with E-state index in [4.69, 9.17) is 0 Å². The van der Waals surface area contributed by atoms with Crippen LogP contribution in [0.15, 0.2) is 51.8 Å². The van der Waals surface area contributed by atoms with Gasteiger partial charge in [0.05, 0.1) is 23.6 Å². The normalized spacial score (nSPS) is 25.3.